The molecule has 0 heterocycles. The van der Waals surface area contributed by atoms with Crippen LogP contribution in [0.1, 0.15) is 42.8 Å². The Morgan fingerprint density at radius 1 is 1.37 bits per heavy atom. The van der Waals surface area contributed by atoms with E-state index in [9.17, 15) is 0 Å². The molecule has 0 spiro atoms. The number of rotatable bonds is 6. The Morgan fingerprint density at radius 3 is 3.00 bits per heavy atom. The molecule has 0 radical (unpaired) electrons. The third kappa shape index (κ3) is 3.83. The van der Waals surface area contributed by atoms with E-state index in [1.807, 2.05) is 0 Å². The predicted molar refractivity (Wildman–Crippen MR) is 79.5 cm³/mol. The maximum absolute atomic E-state index is 8.87. The zero-order chi connectivity index (χ0) is 25.6. The lowest BCUT2D eigenvalue weighted by molar-refractivity contribution is 0.193. The number of ether oxygens (including phenoxy) is 1. The van der Waals surface area contributed by atoms with Crippen LogP contribution in [-0.4, -0.2) is 13.5 Å². The Morgan fingerprint density at radius 2 is 2.21 bits per heavy atom. The van der Waals surface area contributed by atoms with Crippen molar-refractivity contribution in [3.63, 3.8) is 0 Å². The Bertz CT molecular complexity index is 1000. The molecule has 1 N–H and O–H groups in total. The first-order chi connectivity index (χ1) is 14.8. The predicted octanol–water partition coefficient (Wildman–Crippen LogP) is 3.72. The third-order valence-electron chi connectivity index (χ3n) is 2.24. The SMILES string of the molecule is [2H]c1c([2H])c([2H])c(C([2H])(CC([2H])([2H])NC([2H])([2H])[2H])Oc2ccccc2C([2H])([2H])[2H])c([2H])c1[2H]. The van der Waals surface area contributed by atoms with Crippen LogP contribution in [0.4, 0.5) is 0 Å². The van der Waals surface area contributed by atoms with Crippen molar-refractivity contribution in [2.45, 2.75) is 19.4 Å². The van der Waals surface area contributed by atoms with Gasteiger partial charge in [0.15, 0.2) is 0 Å². The van der Waals surface area contributed by atoms with Gasteiger partial charge in [-0.05, 0) is 37.5 Å². The topological polar surface area (TPSA) is 21.3 Å². The molecular weight excluding hydrogens is 234 g/mol. The van der Waals surface area contributed by atoms with Gasteiger partial charge >= 0.3 is 0 Å². The van der Waals surface area contributed by atoms with Crippen LogP contribution in [0.2, 0.25) is 0 Å². The van der Waals surface area contributed by atoms with Crippen LogP contribution in [-0.2, 0) is 0 Å². The van der Waals surface area contributed by atoms with Gasteiger partial charge < -0.3 is 10.1 Å². The summed E-state index contributed by atoms with van der Waals surface area (Å²) < 4.78 is 115. The van der Waals surface area contributed by atoms with E-state index < -0.39 is 74.4 Å². The molecule has 100 valence electrons. The first-order valence-electron chi connectivity index (χ1n) is 12.4. The monoisotopic (exact) mass is 269 g/mol. The van der Waals surface area contributed by atoms with Crippen molar-refractivity contribution in [3.8, 4) is 5.75 Å². The highest BCUT2D eigenvalue weighted by molar-refractivity contribution is 5.33. The lowest BCUT2D eigenvalue weighted by Gasteiger charge is -2.20. The largest absolute Gasteiger partial charge is 0.485 e. The number of benzene rings is 2. The van der Waals surface area contributed by atoms with Crippen molar-refractivity contribution in [1.29, 1.82) is 0 Å². The second kappa shape index (κ2) is 6.95. The van der Waals surface area contributed by atoms with Crippen molar-refractivity contribution in [1.82, 2.24) is 5.32 Å². The zero-order valence-electron chi connectivity index (χ0n) is 23.9. The minimum absolute atomic E-state index is 0.363. The molecule has 0 saturated heterocycles. The Balaban J connectivity index is 2.78. The summed E-state index contributed by atoms with van der Waals surface area (Å²) >= 11 is 0. The molecular formula is C17H21NO. The normalized spacial score (nSPS) is 26.5. The molecule has 0 aliphatic heterocycles. The van der Waals surface area contributed by atoms with E-state index in [-0.39, 0.29) is 5.56 Å². The smallest absolute Gasteiger partial charge is 0.125 e. The molecule has 2 aromatic carbocycles. The lowest BCUT2D eigenvalue weighted by Crippen LogP contribution is -2.16. The van der Waals surface area contributed by atoms with E-state index in [4.69, 9.17) is 23.9 Å². The average Bonchev–Trinajstić information content (AvgIpc) is 2.61. The van der Waals surface area contributed by atoms with Gasteiger partial charge in [0.25, 0.3) is 0 Å². The lowest BCUT2D eigenvalue weighted by atomic mass is 10.1. The van der Waals surface area contributed by atoms with Gasteiger partial charge in [-0.3, -0.25) is 0 Å². The molecule has 0 aliphatic rings. The van der Waals surface area contributed by atoms with Crippen molar-refractivity contribution in [3.05, 3.63) is 65.6 Å². The molecule has 1 atom stereocenters. The quantitative estimate of drug-likeness (QED) is 0.863. The fraction of sp³-hybridized carbons (Fsp3) is 0.294. The first-order valence-corrected chi connectivity index (χ1v) is 5.44. The molecule has 19 heavy (non-hydrogen) atoms. The Labute approximate surface area is 135 Å². The minimum Gasteiger partial charge on any atom is -0.485 e. The van der Waals surface area contributed by atoms with E-state index >= 15 is 0 Å². The molecule has 0 saturated carbocycles. The highest BCUT2D eigenvalue weighted by Crippen LogP contribution is 2.26. The molecule has 2 nitrogen and oxygen atoms in total. The zero-order valence-corrected chi connectivity index (χ0v) is 9.92. The van der Waals surface area contributed by atoms with Crippen molar-refractivity contribution in [2.75, 3.05) is 13.5 Å². The van der Waals surface area contributed by atoms with Gasteiger partial charge in [0, 0.05) is 17.4 Å². The van der Waals surface area contributed by atoms with Crippen LogP contribution in [0.5, 0.6) is 5.75 Å². The Kier molecular flexibility index (Phi) is 1.59. The van der Waals surface area contributed by atoms with Crippen LogP contribution in [0, 0.1) is 6.85 Å². The second-order valence-electron chi connectivity index (χ2n) is 3.50. The highest BCUT2D eigenvalue weighted by atomic mass is 16.5. The van der Waals surface area contributed by atoms with Crippen LogP contribution >= 0.6 is 0 Å². The number of para-hydroxylation sites is 1. The number of hydrogen-bond acceptors (Lipinski definition) is 2. The van der Waals surface area contributed by atoms with E-state index in [1.165, 1.54) is 24.3 Å². The van der Waals surface area contributed by atoms with Crippen LogP contribution in [0.25, 0.3) is 0 Å². The summed E-state index contributed by atoms with van der Waals surface area (Å²) in [5, 5.41) is 1.70. The molecule has 1 unspecified atom stereocenters. The van der Waals surface area contributed by atoms with Crippen LogP contribution in [0.3, 0.4) is 0 Å². The molecule has 0 bridgehead atoms. The minimum atomic E-state index is -2.99. The summed E-state index contributed by atoms with van der Waals surface area (Å²) in [6.07, 6.45) is -3.99. The third-order valence-corrected chi connectivity index (χ3v) is 2.24. The molecule has 2 rings (SSSR count). The van der Waals surface area contributed by atoms with E-state index in [0.29, 0.717) is 0 Å². The molecule has 2 aromatic rings. The first kappa shape index (κ1) is 4.35. The van der Waals surface area contributed by atoms with Gasteiger partial charge in [-0.25, -0.2) is 0 Å². The summed E-state index contributed by atoms with van der Waals surface area (Å²) in [7, 11) is 0. The molecule has 0 amide bonds. The molecule has 0 fully saturated rings. The highest BCUT2D eigenvalue weighted by Gasteiger charge is 2.13. The van der Waals surface area contributed by atoms with Gasteiger partial charge in [0.1, 0.15) is 11.8 Å². The molecule has 2 heteroatoms. The summed E-state index contributed by atoms with van der Waals surface area (Å²) in [6, 6.07) is 0.983. The van der Waals surface area contributed by atoms with Crippen LogP contribution in [0.15, 0.2) is 54.5 Å². The van der Waals surface area contributed by atoms with Crippen LogP contribution < -0.4 is 10.1 Å². The van der Waals surface area contributed by atoms with Gasteiger partial charge in [-0.1, -0.05) is 48.4 Å². The van der Waals surface area contributed by atoms with E-state index in [1.54, 1.807) is 5.32 Å². The van der Waals surface area contributed by atoms with Crippen molar-refractivity contribution < 1.29 is 23.9 Å². The number of hydrogen-bond donors (Lipinski definition) is 1. The number of nitrogens with one attached hydrogen (secondary N) is 1. The fourth-order valence-electron chi connectivity index (χ4n) is 1.38. The van der Waals surface area contributed by atoms with Gasteiger partial charge in [-0.15, -0.1) is 0 Å². The molecule has 0 aliphatic carbocycles. The number of aryl methyl sites for hydroxylation is 1. The van der Waals surface area contributed by atoms with Crippen molar-refractivity contribution >= 4 is 0 Å². The van der Waals surface area contributed by atoms with Gasteiger partial charge in [0.2, 0.25) is 0 Å². The van der Waals surface area contributed by atoms with E-state index in [0.717, 1.165) is 0 Å². The molecule has 0 aromatic heterocycles. The maximum Gasteiger partial charge on any atom is 0.125 e. The summed E-state index contributed by atoms with van der Waals surface area (Å²) in [4.78, 5) is 0. The van der Waals surface area contributed by atoms with Gasteiger partial charge in [0.05, 0.1) is 8.22 Å². The summed E-state index contributed by atoms with van der Waals surface area (Å²) in [6.45, 7) is -8.56. The fourth-order valence-corrected chi connectivity index (χ4v) is 1.38. The standard InChI is InChI=1S/C17H21NO/c1-14-8-6-7-11-16(14)19-17(12-13-18-2)15-9-4-3-5-10-15/h3-11,17-18H,12-13H2,1-2H3/i1D3,2D3,3D,4D,5D,9D,10D,13D2,17D. The van der Waals surface area contributed by atoms with Gasteiger partial charge in [-0.2, -0.15) is 0 Å². The average molecular weight is 269 g/mol. The van der Waals surface area contributed by atoms with E-state index in [2.05, 4.69) is 0 Å². The maximum atomic E-state index is 8.87. The second-order valence-corrected chi connectivity index (χ2v) is 3.50. The summed E-state index contributed by atoms with van der Waals surface area (Å²) in [5.74, 6) is -0.413. The van der Waals surface area contributed by atoms with Crippen molar-refractivity contribution in [2.24, 2.45) is 0 Å². The Hall–Kier alpha value is -1.80. The summed E-state index contributed by atoms with van der Waals surface area (Å²) in [5.41, 5.74) is -1.14.